The molecule has 6 nitrogen and oxygen atoms in total. The maximum absolute atomic E-state index is 12.0. The SMILES string of the molecule is COc1ccc(S(=O)(=O)Cl)cc1CC(=O)NC1CCOC1. The van der Waals surface area contributed by atoms with Crippen LogP contribution in [-0.2, 0) is 25.0 Å². The minimum atomic E-state index is -3.84. The van der Waals surface area contributed by atoms with Crippen LogP contribution in [0.5, 0.6) is 5.75 Å². The van der Waals surface area contributed by atoms with Crippen molar-refractivity contribution in [1.82, 2.24) is 5.32 Å². The third-order valence-corrected chi connectivity index (χ3v) is 4.53. The van der Waals surface area contributed by atoms with E-state index in [2.05, 4.69) is 5.32 Å². The Kier molecular flexibility index (Phi) is 5.08. The fraction of sp³-hybridized carbons (Fsp3) is 0.462. The molecule has 21 heavy (non-hydrogen) atoms. The van der Waals surface area contributed by atoms with Crippen molar-refractivity contribution in [3.63, 3.8) is 0 Å². The van der Waals surface area contributed by atoms with Crippen LogP contribution >= 0.6 is 10.7 Å². The van der Waals surface area contributed by atoms with Crippen LogP contribution in [0.25, 0.3) is 0 Å². The molecule has 0 bridgehead atoms. The Bertz CT molecular complexity index is 625. The van der Waals surface area contributed by atoms with Gasteiger partial charge in [0, 0.05) is 22.9 Å². The Labute approximate surface area is 127 Å². The van der Waals surface area contributed by atoms with Crippen molar-refractivity contribution in [3.05, 3.63) is 23.8 Å². The van der Waals surface area contributed by atoms with E-state index < -0.39 is 9.05 Å². The Hall–Kier alpha value is -1.31. The molecule has 116 valence electrons. The summed E-state index contributed by atoms with van der Waals surface area (Å²) in [5, 5.41) is 2.83. The van der Waals surface area contributed by atoms with Crippen LogP contribution in [0.2, 0.25) is 0 Å². The van der Waals surface area contributed by atoms with E-state index in [1.54, 1.807) is 0 Å². The van der Waals surface area contributed by atoms with Gasteiger partial charge in [0.25, 0.3) is 9.05 Å². The lowest BCUT2D eigenvalue weighted by atomic mass is 10.1. The summed E-state index contributed by atoms with van der Waals surface area (Å²) in [6.45, 7) is 1.13. The first-order valence-electron chi connectivity index (χ1n) is 6.39. The maximum atomic E-state index is 12.0. The van der Waals surface area contributed by atoms with Crippen molar-refractivity contribution >= 4 is 25.6 Å². The molecule has 0 saturated carbocycles. The number of ether oxygens (including phenoxy) is 2. The van der Waals surface area contributed by atoms with Crippen LogP contribution in [0.4, 0.5) is 0 Å². The van der Waals surface area contributed by atoms with Crippen LogP contribution in [-0.4, -0.2) is 40.7 Å². The molecule has 1 aliphatic rings. The Morgan fingerprint density at radius 1 is 1.52 bits per heavy atom. The number of nitrogens with one attached hydrogen (secondary N) is 1. The second-order valence-corrected chi connectivity index (χ2v) is 7.28. The first-order valence-corrected chi connectivity index (χ1v) is 8.70. The van der Waals surface area contributed by atoms with Gasteiger partial charge in [0.05, 0.1) is 31.1 Å². The summed E-state index contributed by atoms with van der Waals surface area (Å²) in [4.78, 5) is 11.9. The van der Waals surface area contributed by atoms with Gasteiger partial charge in [0.15, 0.2) is 0 Å². The molecule has 0 spiro atoms. The molecule has 1 fully saturated rings. The Morgan fingerprint density at radius 2 is 2.29 bits per heavy atom. The molecule has 1 atom stereocenters. The topological polar surface area (TPSA) is 81.7 Å². The summed E-state index contributed by atoms with van der Waals surface area (Å²) in [7, 11) is 2.93. The highest BCUT2D eigenvalue weighted by atomic mass is 35.7. The molecule has 1 N–H and O–H groups in total. The molecule has 1 saturated heterocycles. The van der Waals surface area contributed by atoms with E-state index in [9.17, 15) is 13.2 Å². The highest BCUT2D eigenvalue weighted by molar-refractivity contribution is 8.13. The summed E-state index contributed by atoms with van der Waals surface area (Å²) in [6, 6.07) is 4.18. The van der Waals surface area contributed by atoms with Crippen molar-refractivity contribution in [2.24, 2.45) is 0 Å². The molecule has 1 aromatic rings. The fourth-order valence-corrected chi connectivity index (χ4v) is 2.95. The number of methoxy groups -OCH3 is 1. The van der Waals surface area contributed by atoms with Crippen molar-refractivity contribution in [1.29, 1.82) is 0 Å². The lowest BCUT2D eigenvalue weighted by Gasteiger charge is -2.13. The van der Waals surface area contributed by atoms with Gasteiger partial charge in [-0.25, -0.2) is 8.42 Å². The van der Waals surface area contributed by atoms with E-state index in [0.717, 1.165) is 6.42 Å². The van der Waals surface area contributed by atoms with Gasteiger partial charge < -0.3 is 14.8 Å². The number of benzene rings is 1. The van der Waals surface area contributed by atoms with Gasteiger partial charge in [-0.3, -0.25) is 4.79 Å². The third-order valence-electron chi connectivity index (χ3n) is 3.18. The molecule has 1 unspecified atom stereocenters. The zero-order valence-electron chi connectivity index (χ0n) is 11.5. The summed E-state index contributed by atoms with van der Waals surface area (Å²) in [5.41, 5.74) is 0.468. The number of hydrogen-bond acceptors (Lipinski definition) is 5. The number of amides is 1. The molecular formula is C13H16ClNO5S. The third kappa shape index (κ3) is 4.33. The molecule has 0 aliphatic carbocycles. The van der Waals surface area contributed by atoms with E-state index in [-0.39, 0.29) is 23.3 Å². The Morgan fingerprint density at radius 3 is 2.86 bits per heavy atom. The lowest BCUT2D eigenvalue weighted by Crippen LogP contribution is -2.36. The standard InChI is InChI=1S/C13H16ClNO5S/c1-19-12-3-2-11(21(14,17)18)6-9(12)7-13(16)15-10-4-5-20-8-10/h2-3,6,10H,4-5,7-8H2,1H3,(H,15,16). The van der Waals surface area contributed by atoms with E-state index in [4.69, 9.17) is 20.2 Å². The summed E-state index contributed by atoms with van der Waals surface area (Å²) in [6.07, 6.45) is 0.791. The predicted molar refractivity (Wildman–Crippen MR) is 77.1 cm³/mol. The number of carbonyl (C=O) groups is 1. The average molecular weight is 334 g/mol. The molecular weight excluding hydrogens is 318 g/mol. The first-order chi connectivity index (χ1) is 9.90. The normalized spacial score (nSPS) is 18.5. The Balaban J connectivity index is 2.15. The van der Waals surface area contributed by atoms with Gasteiger partial charge in [-0.15, -0.1) is 0 Å². The molecule has 8 heteroatoms. The van der Waals surface area contributed by atoms with Gasteiger partial charge in [0.1, 0.15) is 5.75 Å². The van der Waals surface area contributed by atoms with E-state index in [0.29, 0.717) is 24.5 Å². The number of halogens is 1. The largest absolute Gasteiger partial charge is 0.496 e. The van der Waals surface area contributed by atoms with Crippen LogP contribution < -0.4 is 10.1 Å². The number of hydrogen-bond donors (Lipinski definition) is 1. The summed E-state index contributed by atoms with van der Waals surface area (Å²) >= 11 is 0. The van der Waals surface area contributed by atoms with Crippen molar-refractivity contribution in [3.8, 4) is 5.75 Å². The molecule has 2 rings (SSSR count). The quantitative estimate of drug-likeness (QED) is 0.815. The highest BCUT2D eigenvalue weighted by Gasteiger charge is 2.20. The first kappa shape index (κ1) is 16.1. The number of carbonyl (C=O) groups excluding carboxylic acids is 1. The molecule has 1 aliphatic heterocycles. The average Bonchev–Trinajstić information content (AvgIpc) is 2.90. The van der Waals surface area contributed by atoms with E-state index in [1.807, 2.05) is 0 Å². The van der Waals surface area contributed by atoms with Gasteiger partial charge >= 0.3 is 0 Å². The molecule has 0 aromatic heterocycles. The zero-order valence-corrected chi connectivity index (χ0v) is 13.0. The summed E-state index contributed by atoms with van der Waals surface area (Å²) < 4.78 is 33.0. The van der Waals surface area contributed by atoms with Gasteiger partial charge in [-0.2, -0.15) is 0 Å². The van der Waals surface area contributed by atoms with E-state index in [1.165, 1.54) is 25.3 Å². The lowest BCUT2D eigenvalue weighted by molar-refractivity contribution is -0.121. The molecule has 1 aromatic carbocycles. The van der Waals surface area contributed by atoms with Crippen molar-refractivity contribution < 1.29 is 22.7 Å². The zero-order chi connectivity index (χ0) is 15.5. The highest BCUT2D eigenvalue weighted by Crippen LogP contribution is 2.25. The predicted octanol–water partition coefficient (Wildman–Crippen LogP) is 1.07. The number of rotatable bonds is 5. The van der Waals surface area contributed by atoms with Crippen molar-refractivity contribution in [2.45, 2.75) is 23.8 Å². The minimum Gasteiger partial charge on any atom is -0.496 e. The fourth-order valence-electron chi connectivity index (χ4n) is 2.14. The molecule has 0 radical (unpaired) electrons. The molecule has 1 amide bonds. The molecule has 1 heterocycles. The minimum absolute atomic E-state index is 0.00318. The van der Waals surface area contributed by atoms with Crippen LogP contribution in [0.1, 0.15) is 12.0 Å². The van der Waals surface area contributed by atoms with Crippen LogP contribution in [0, 0.1) is 0 Å². The monoisotopic (exact) mass is 333 g/mol. The maximum Gasteiger partial charge on any atom is 0.261 e. The van der Waals surface area contributed by atoms with Gasteiger partial charge in [0.2, 0.25) is 5.91 Å². The van der Waals surface area contributed by atoms with E-state index >= 15 is 0 Å². The van der Waals surface area contributed by atoms with Gasteiger partial charge in [-0.1, -0.05) is 0 Å². The second kappa shape index (κ2) is 6.64. The second-order valence-electron chi connectivity index (χ2n) is 4.72. The van der Waals surface area contributed by atoms with Gasteiger partial charge in [-0.05, 0) is 24.6 Å². The summed E-state index contributed by atoms with van der Waals surface area (Å²) in [5.74, 6) is 0.227. The van der Waals surface area contributed by atoms with Crippen LogP contribution in [0.3, 0.4) is 0 Å². The van der Waals surface area contributed by atoms with Crippen LogP contribution in [0.15, 0.2) is 23.1 Å². The van der Waals surface area contributed by atoms with Crippen molar-refractivity contribution in [2.75, 3.05) is 20.3 Å². The smallest absolute Gasteiger partial charge is 0.261 e.